The van der Waals surface area contributed by atoms with Crippen LogP contribution in [0.15, 0.2) is 43.1 Å². The van der Waals surface area contributed by atoms with Crippen LogP contribution in [0.25, 0.3) is 16.8 Å². The number of aromatic nitrogens is 5. The second kappa shape index (κ2) is 8.73. The number of nitrogens with zero attached hydrogens (tertiary/aromatic N) is 6. The normalized spacial score (nSPS) is 14.5. The number of amides is 1. The van der Waals surface area contributed by atoms with Gasteiger partial charge in [-0.15, -0.1) is 0 Å². The number of hydrogen-bond acceptors (Lipinski definition) is 6. The number of rotatable bonds is 4. The van der Waals surface area contributed by atoms with Gasteiger partial charge >= 0.3 is 0 Å². The number of imidazole rings is 1. The highest BCUT2D eigenvalue weighted by molar-refractivity contribution is 6.03. The first-order valence-corrected chi connectivity index (χ1v) is 11.2. The average molecular weight is 482 g/mol. The predicted octanol–water partition coefficient (Wildman–Crippen LogP) is 3.71. The van der Waals surface area contributed by atoms with Crippen LogP contribution in [0.4, 0.5) is 20.3 Å². The number of nitrogens with one attached hydrogen (secondary N) is 1. The van der Waals surface area contributed by atoms with Gasteiger partial charge in [0.2, 0.25) is 5.95 Å². The van der Waals surface area contributed by atoms with Crippen LogP contribution in [0.1, 0.15) is 31.1 Å². The van der Waals surface area contributed by atoms with E-state index in [9.17, 15) is 13.6 Å². The Morgan fingerprint density at radius 3 is 2.60 bits per heavy atom. The summed E-state index contributed by atoms with van der Waals surface area (Å²) in [5, 5.41) is 6.54. The second-order valence-corrected chi connectivity index (χ2v) is 9.31. The van der Waals surface area contributed by atoms with Crippen LogP contribution < -0.4 is 10.2 Å². The van der Waals surface area contributed by atoms with E-state index in [2.05, 4.69) is 25.3 Å². The molecule has 4 aromatic heterocycles. The van der Waals surface area contributed by atoms with Crippen molar-refractivity contribution in [2.24, 2.45) is 0 Å². The lowest BCUT2D eigenvalue weighted by atomic mass is 10.1. The Kier molecular flexibility index (Phi) is 5.72. The third kappa shape index (κ3) is 4.34. The van der Waals surface area contributed by atoms with Gasteiger partial charge in [0.1, 0.15) is 17.2 Å². The molecule has 1 amide bonds. The monoisotopic (exact) mass is 481 g/mol. The summed E-state index contributed by atoms with van der Waals surface area (Å²) in [5.41, 5.74) is 1.58. The summed E-state index contributed by atoms with van der Waals surface area (Å²) in [4.78, 5) is 23.3. The maximum Gasteiger partial charge on any atom is 0.263 e. The summed E-state index contributed by atoms with van der Waals surface area (Å²) in [6, 6.07) is 3.30. The summed E-state index contributed by atoms with van der Waals surface area (Å²) in [6.07, 6.45) is 7.45. The van der Waals surface area contributed by atoms with Crippen molar-refractivity contribution in [3.63, 3.8) is 0 Å². The number of pyridine rings is 2. The molecule has 1 fully saturated rings. The van der Waals surface area contributed by atoms with Crippen LogP contribution in [-0.2, 0) is 10.3 Å². The van der Waals surface area contributed by atoms with E-state index in [-0.39, 0.29) is 16.9 Å². The molecule has 1 aliphatic rings. The second-order valence-electron chi connectivity index (χ2n) is 9.31. The van der Waals surface area contributed by atoms with E-state index in [1.54, 1.807) is 39.4 Å². The Labute approximate surface area is 200 Å². The zero-order valence-corrected chi connectivity index (χ0v) is 19.6. The fourth-order valence-corrected chi connectivity index (χ4v) is 4.06. The van der Waals surface area contributed by atoms with Crippen LogP contribution in [0, 0.1) is 11.8 Å². The van der Waals surface area contributed by atoms with Gasteiger partial charge in [-0.1, -0.05) is 0 Å². The number of hydrogen-bond donors (Lipinski definition) is 1. The summed E-state index contributed by atoms with van der Waals surface area (Å²) >= 11 is 0. The summed E-state index contributed by atoms with van der Waals surface area (Å²) in [6.45, 7) is 7.92. The van der Waals surface area contributed by atoms with Gasteiger partial charge in [-0.2, -0.15) is 9.49 Å². The summed E-state index contributed by atoms with van der Waals surface area (Å²) in [7, 11) is 0. The van der Waals surface area contributed by atoms with E-state index in [4.69, 9.17) is 4.74 Å². The molecule has 0 bridgehead atoms. The molecule has 35 heavy (non-hydrogen) atoms. The highest BCUT2D eigenvalue weighted by Crippen LogP contribution is 2.31. The molecule has 0 radical (unpaired) electrons. The molecular formula is C24H25F2N7O2. The van der Waals surface area contributed by atoms with E-state index < -0.39 is 23.2 Å². The number of carbonyl (C=O) groups is 1. The quantitative estimate of drug-likeness (QED) is 0.478. The molecule has 0 saturated carbocycles. The molecule has 0 spiro atoms. The maximum absolute atomic E-state index is 14.9. The minimum absolute atomic E-state index is 0.0907. The fraction of sp³-hybridized carbons (Fsp3) is 0.333. The molecule has 5 heterocycles. The Balaban J connectivity index is 1.48. The molecular weight excluding hydrogens is 456 g/mol. The van der Waals surface area contributed by atoms with Crippen LogP contribution in [-0.4, -0.2) is 56.4 Å². The lowest BCUT2D eigenvalue weighted by Crippen LogP contribution is -2.36. The zero-order valence-electron chi connectivity index (χ0n) is 19.6. The van der Waals surface area contributed by atoms with Crippen LogP contribution >= 0.6 is 0 Å². The Morgan fingerprint density at radius 1 is 1.11 bits per heavy atom. The van der Waals surface area contributed by atoms with Crippen molar-refractivity contribution < 1.29 is 18.3 Å². The molecule has 0 atom stereocenters. The van der Waals surface area contributed by atoms with Gasteiger partial charge < -0.3 is 19.4 Å². The van der Waals surface area contributed by atoms with E-state index in [0.717, 1.165) is 22.2 Å². The fourth-order valence-electron chi connectivity index (χ4n) is 4.06. The highest BCUT2D eigenvalue weighted by Gasteiger charge is 2.25. The number of halogens is 2. The lowest BCUT2D eigenvalue weighted by Gasteiger charge is -2.29. The Bertz CT molecular complexity index is 1400. The number of carbonyl (C=O) groups excluding carboxylic acids is 1. The molecule has 182 valence electrons. The molecule has 0 unspecified atom stereocenters. The van der Waals surface area contributed by atoms with Crippen molar-refractivity contribution in [2.45, 2.75) is 26.3 Å². The Morgan fingerprint density at radius 2 is 1.89 bits per heavy atom. The minimum Gasteiger partial charge on any atom is -0.378 e. The molecule has 4 aromatic rings. The van der Waals surface area contributed by atoms with Gasteiger partial charge in [-0.3, -0.25) is 4.79 Å². The largest absolute Gasteiger partial charge is 0.378 e. The first kappa shape index (κ1) is 22.9. The minimum atomic E-state index is -0.752. The number of anilines is 2. The number of ether oxygens (including phenoxy) is 1. The molecule has 9 nitrogen and oxygen atoms in total. The predicted molar refractivity (Wildman–Crippen MR) is 127 cm³/mol. The van der Waals surface area contributed by atoms with Gasteiger partial charge in [-0.25, -0.2) is 19.0 Å². The van der Waals surface area contributed by atoms with Crippen LogP contribution in [0.5, 0.6) is 0 Å². The maximum atomic E-state index is 14.9. The third-order valence-corrected chi connectivity index (χ3v) is 5.82. The van der Waals surface area contributed by atoms with E-state index in [1.807, 2.05) is 10.5 Å². The topological polar surface area (TPSA) is 89.6 Å². The SMILES string of the molecule is CC(C)(C)n1ncc(C(=O)Nc2cc(-c3cc(N4CCOCC4)c4nccn4c3)c(F)cn2)c1F. The van der Waals surface area contributed by atoms with Crippen molar-refractivity contribution >= 4 is 23.1 Å². The molecule has 1 saturated heterocycles. The highest BCUT2D eigenvalue weighted by atomic mass is 19.1. The smallest absolute Gasteiger partial charge is 0.263 e. The molecule has 1 aliphatic heterocycles. The average Bonchev–Trinajstić information content (AvgIpc) is 3.46. The van der Waals surface area contributed by atoms with E-state index in [1.165, 1.54) is 12.3 Å². The van der Waals surface area contributed by atoms with Crippen molar-refractivity contribution in [1.29, 1.82) is 0 Å². The molecule has 1 N–H and O–H groups in total. The van der Waals surface area contributed by atoms with Gasteiger partial charge in [0.05, 0.1) is 36.8 Å². The third-order valence-electron chi connectivity index (χ3n) is 5.82. The summed E-state index contributed by atoms with van der Waals surface area (Å²) in [5.74, 6) is -1.93. The van der Waals surface area contributed by atoms with Gasteiger partial charge in [0.15, 0.2) is 5.65 Å². The standard InChI is InChI=1S/C24H25F2N7O2/c1-24(2,3)33-21(26)17(12-29-33)23(34)30-20-11-16(18(25)13-28-20)15-10-19(31-6-8-35-9-7-31)22-27-4-5-32(22)14-15/h4-5,10-14H,6-9H2,1-3H3,(H,28,30,34). The van der Waals surface area contributed by atoms with Gasteiger partial charge in [0, 0.05) is 42.8 Å². The number of fused-ring (bicyclic) bond motifs is 1. The van der Waals surface area contributed by atoms with Crippen LogP contribution in [0.2, 0.25) is 0 Å². The van der Waals surface area contributed by atoms with Gasteiger partial charge in [0.25, 0.3) is 5.91 Å². The lowest BCUT2D eigenvalue weighted by molar-refractivity contribution is 0.102. The van der Waals surface area contributed by atoms with Crippen molar-refractivity contribution in [2.75, 3.05) is 36.5 Å². The molecule has 5 rings (SSSR count). The van der Waals surface area contributed by atoms with E-state index >= 15 is 0 Å². The molecule has 11 heteroatoms. The van der Waals surface area contributed by atoms with Crippen molar-refractivity contribution in [3.05, 3.63) is 60.4 Å². The summed E-state index contributed by atoms with van der Waals surface area (Å²) < 4.78 is 38.1. The zero-order chi connectivity index (χ0) is 24.7. The number of morpholine rings is 1. The first-order valence-electron chi connectivity index (χ1n) is 11.2. The van der Waals surface area contributed by atoms with Crippen LogP contribution in [0.3, 0.4) is 0 Å². The van der Waals surface area contributed by atoms with Crippen molar-refractivity contribution in [1.82, 2.24) is 24.1 Å². The van der Waals surface area contributed by atoms with Gasteiger partial charge in [-0.05, 0) is 32.9 Å². The molecule has 0 aromatic carbocycles. The van der Waals surface area contributed by atoms with Crippen molar-refractivity contribution in [3.8, 4) is 11.1 Å². The Hall–Kier alpha value is -3.86. The first-order chi connectivity index (χ1) is 16.7. The molecule has 0 aliphatic carbocycles. The van der Waals surface area contributed by atoms with E-state index in [0.29, 0.717) is 31.9 Å².